The predicted octanol–water partition coefficient (Wildman–Crippen LogP) is 2.55. The molecule has 2 aromatic rings. The Labute approximate surface area is 212 Å². The van der Waals surface area contributed by atoms with E-state index >= 15 is 0 Å². The molecule has 0 saturated carbocycles. The smallest absolute Gasteiger partial charge is 0.380 e. The molecule has 38 heavy (non-hydrogen) atoms. The number of nitrogens with one attached hydrogen (secondary N) is 3. The standard InChI is InChI=1S/C22H25F6N7O3/c1-12(32-16-9-31-33-20(37)18(16)22(26,27)28)11-38-5-2-17(36)34-3-4-35-14(10-34)8-29-15-6-13(21(23,24)25)7-30-19(15)35/h6-7,9,12,14,29H,2-5,8,10-11H2,1H3,(H2,32,33,37)/t12-,14-/m0/s1. The van der Waals surface area contributed by atoms with Gasteiger partial charge in [0, 0.05) is 38.4 Å². The second-order valence-corrected chi connectivity index (χ2v) is 9.02. The monoisotopic (exact) mass is 549 g/mol. The van der Waals surface area contributed by atoms with Crippen molar-refractivity contribution in [2.75, 3.05) is 54.9 Å². The van der Waals surface area contributed by atoms with Crippen LogP contribution in [0, 0.1) is 0 Å². The Balaban J connectivity index is 1.24. The number of alkyl halides is 6. The number of pyridine rings is 1. The van der Waals surface area contributed by atoms with Crippen LogP contribution >= 0.6 is 0 Å². The highest BCUT2D eigenvalue weighted by atomic mass is 19.4. The quantitative estimate of drug-likeness (QED) is 0.357. The van der Waals surface area contributed by atoms with E-state index < -0.39 is 40.8 Å². The summed E-state index contributed by atoms with van der Waals surface area (Å²) in [4.78, 5) is 31.8. The molecule has 0 unspecified atom stereocenters. The van der Waals surface area contributed by atoms with Gasteiger partial charge in [-0.3, -0.25) is 9.59 Å². The maximum absolute atomic E-state index is 13.2. The van der Waals surface area contributed by atoms with Crippen molar-refractivity contribution in [2.45, 2.75) is 37.8 Å². The fourth-order valence-electron chi connectivity index (χ4n) is 4.41. The zero-order valence-corrected chi connectivity index (χ0v) is 20.1. The van der Waals surface area contributed by atoms with Crippen molar-refractivity contribution < 1.29 is 35.9 Å². The highest BCUT2D eigenvalue weighted by Crippen LogP contribution is 2.37. The summed E-state index contributed by atoms with van der Waals surface area (Å²) >= 11 is 0. The van der Waals surface area contributed by atoms with Crippen LogP contribution in [0.4, 0.5) is 43.5 Å². The van der Waals surface area contributed by atoms with Crippen molar-refractivity contribution in [3.63, 3.8) is 0 Å². The molecule has 0 spiro atoms. The second-order valence-electron chi connectivity index (χ2n) is 9.02. The molecule has 16 heteroatoms. The van der Waals surface area contributed by atoms with Gasteiger partial charge in [0.1, 0.15) is 5.56 Å². The second kappa shape index (κ2) is 10.7. The minimum atomic E-state index is -4.87. The summed E-state index contributed by atoms with van der Waals surface area (Å²) in [5.41, 5.74) is -3.76. The number of amides is 1. The van der Waals surface area contributed by atoms with Gasteiger partial charge in [-0.05, 0) is 13.0 Å². The van der Waals surface area contributed by atoms with Gasteiger partial charge in [0.15, 0.2) is 5.82 Å². The highest BCUT2D eigenvalue weighted by Gasteiger charge is 2.38. The molecule has 2 atom stereocenters. The van der Waals surface area contributed by atoms with Crippen molar-refractivity contribution >= 4 is 23.1 Å². The molecule has 2 aliphatic heterocycles. The maximum atomic E-state index is 13.2. The Bertz CT molecular complexity index is 1220. The summed E-state index contributed by atoms with van der Waals surface area (Å²) in [6.07, 6.45) is -7.66. The van der Waals surface area contributed by atoms with Gasteiger partial charge in [0.05, 0.1) is 48.8 Å². The van der Waals surface area contributed by atoms with Gasteiger partial charge in [-0.2, -0.15) is 31.4 Å². The van der Waals surface area contributed by atoms with Crippen molar-refractivity contribution in [1.29, 1.82) is 0 Å². The van der Waals surface area contributed by atoms with Crippen molar-refractivity contribution in [1.82, 2.24) is 20.1 Å². The van der Waals surface area contributed by atoms with E-state index in [1.807, 2.05) is 4.90 Å². The molecule has 1 saturated heterocycles. The summed E-state index contributed by atoms with van der Waals surface area (Å²) in [5, 5.41) is 10.7. The lowest BCUT2D eigenvalue weighted by Crippen LogP contribution is -2.59. The molecular weight excluding hydrogens is 524 g/mol. The van der Waals surface area contributed by atoms with Crippen LogP contribution in [-0.4, -0.2) is 77.5 Å². The Morgan fingerprint density at radius 2 is 1.97 bits per heavy atom. The number of halogens is 6. The van der Waals surface area contributed by atoms with E-state index in [1.165, 1.54) is 0 Å². The van der Waals surface area contributed by atoms with E-state index in [9.17, 15) is 35.9 Å². The molecule has 1 fully saturated rings. The average molecular weight is 549 g/mol. The van der Waals surface area contributed by atoms with Crippen molar-refractivity contribution in [3.05, 3.63) is 39.9 Å². The molecule has 208 valence electrons. The number of hydrogen-bond donors (Lipinski definition) is 3. The maximum Gasteiger partial charge on any atom is 0.423 e. The number of carbonyl (C=O) groups excluding carboxylic acids is 1. The molecule has 2 aliphatic rings. The molecule has 0 bridgehead atoms. The van der Waals surface area contributed by atoms with Crippen LogP contribution in [0.1, 0.15) is 24.5 Å². The minimum absolute atomic E-state index is 0.0261. The number of carbonyl (C=O) groups is 1. The van der Waals surface area contributed by atoms with Crippen LogP contribution in [0.3, 0.4) is 0 Å². The number of aromatic nitrogens is 3. The van der Waals surface area contributed by atoms with E-state index in [1.54, 1.807) is 16.9 Å². The summed E-state index contributed by atoms with van der Waals surface area (Å²) in [6, 6.07) is 0.247. The first-order valence-corrected chi connectivity index (χ1v) is 11.7. The van der Waals surface area contributed by atoms with Crippen LogP contribution in [0.2, 0.25) is 0 Å². The SMILES string of the molecule is C[C@@H](COCCC(=O)N1CCN2c3ncc(C(F)(F)F)cc3NC[C@H]2C1)Nc1cn[nH]c(=O)c1C(F)(F)F. The van der Waals surface area contributed by atoms with E-state index in [-0.39, 0.29) is 31.6 Å². The Kier molecular flexibility index (Phi) is 7.71. The third-order valence-electron chi connectivity index (χ3n) is 6.20. The van der Waals surface area contributed by atoms with Crippen LogP contribution in [0.25, 0.3) is 0 Å². The molecule has 4 rings (SSSR count). The number of aromatic amines is 1. The Morgan fingerprint density at radius 3 is 2.68 bits per heavy atom. The molecule has 4 heterocycles. The molecule has 2 aromatic heterocycles. The third kappa shape index (κ3) is 6.11. The number of nitrogens with zero attached hydrogens (tertiary/aromatic N) is 4. The lowest BCUT2D eigenvalue weighted by Gasteiger charge is -2.45. The number of ether oxygens (including phenoxy) is 1. The van der Waals surface area contributed by atoms with Gasteiger partial charge < -0.3 is 25.2 Å². The molecular formula is C22H25F6N7O3. The zero-order valence-electron chi connectivity index (χ0n) is 20.1. The van der Waals surface area contributed by atoms with Gasteiger partial charge >= 0.3 is 12.4 Å². The van der Waals surface area contributed by atoms with Crippen LogP contribution < -0.4 is 21.1 Å². The average Bonchev–Trinajstić information content (AvgIpc) is 2.84. The van der Waals surface area contributed by atoms with Crippen LogP contribution in [0.5, 0.6) is 0 Å². The fraction of sp³-hybridized carbons (Fsp3) is 0.545. The van der Waals surface area contributed by atoms with Crippen molar-refractivity contribution in [2.24, 2.45) is 0 Å². The Hall–Kier alpha value is -3.56. The fourth-order valence-corrected chi connectivity index (χ4v) is 4.41. The Morgan fingerprint density at radius 1 is 1.21 bits per heavy atom. The normalized spacial score (nSPS) is 18.3. The lowest BCUT2D eigenvalue weighted by molar-refractivity contribution is -0.138. The number of H-pyrrole nitrogens is 1. The molecule has 0 radical (unpaired) electrons. The molecule has 0 aliphatic carbocycles. The first-order valence-electron chi connectivity index (χ1n) is 11.7. The summed E-state index contributed by atoms with van der Waals surface area (Å²) in [5.74, 6) is 0.227. The van der Waals surface area contributed by atoms with Gasteiger partial charge in [-0.1, -0.05) is 0 Å². The third-order valence-corrected chi connectivity index (χ3v) is 6.20. The summed E-state index contributed by atoms with van der Waals surface area (Å²) in [6.45, 7) is 3.00. The van der Waals surface area contributed by atoms with E-state index in [0.717, 1.165) is 18.5 Å². The molecule has 3 N–H and O–H groups in total. The summed E-state index contributed by atoms with van der Waals surface area (Å²) in [7, 11) is 0. The van der Waals surface area contributed by atoms with Gasteiger partial charge in [0.25, 0.3) is 5.56 Å². The highest BCUT2D eigenvalue weighted by molar-refractivity contribution is 5.77. The number of anilines is 3. The van der Waals surface area contributed by atoms with E-state index in [2.05, 4.69) is 20.7 Å². The number of hydrogen-bond acceptors (Lipinski definition) is 8. The predicted molar refractivity (Wildman–Crippen MR) is 124 cm³/mol. The molecule has 10 nitrogen and oxygen atoms in total. The number of rotatable bonds is 7. The van der Waals surface area contributed by atoms with E-state index in [4.69, 9.17) is 4.74 Å². The zero-order chi connectivity index (χ0) is 27.7. The van der Waals surface area contributed by atoms with Gasteiger partial charge in [-0.15, -0.1) is 0 Å². The topological polar surface area (TPSA) is 115 Å². The number of piperazine rings is 1. The molecule has 1 amide bonds. The van der Waals surface area contributed by atoms with E-state index in [0.29, 0.717) is 37.7 Å². The minimum Gasteiger partial charge on any atom is -0.380 e. The van der Waals surface area contributed by atoms with Crippen molar-refractivity contribution in [3.8, 4) is 0 Å². The summed E-state index contributed by atoms with van der Waals surface area (Å²) < 4.78 is 83.9. The first-order chi connectivity index (χ1) is 17.8. The van der Waals surface area contributed by atoms with Gasteiger partial charge in [-0.25, -0.2) is 10.1 Å². The number of fused-ring (bicyclic) bond motifs is 3. The van der Waals surface area contributed by atoms with Crippen LogP contribution in [0.15, 0.2) is 23.3 Å². The van der Waals surface area contributed by atoms with Gasteiger partial charge in [0.2, 0.25) is 5.91 Å². The first kappa shape index (κ1) is 27.5. The van der Waals surface area contributed by atoms with Crippen LogP contribution in [-0.2, 0) is 21.9 Å². The largest absolute Gasteiger partial charge is 0.423 e. The molecule has 0 aromatic carbocycles. The lowest BCUT2D eigenvalue weighted by atomic mass is 10.1.